The molecule has 5 N–H and O–H groups in total. The van der Waals surface area contributed by atoms with Gasteiger partial charge in [0.15, 0.2) is 0 Å². The van der Waals surface area contributed by atoms with E-state index in [1.165, 1.54) is 0 Å². The molecule has 8 nitrogen and oxygen atoms in total. The van der Waals surface area contributed by atoms with Gasteiger partial charge in [-0.15, -0.1) is 0 Å². The summed E-state index contributed by atoms with van der Waals surface area (Å²) in [4.78, 5) is 0. The third-order valence-corrected chi connectivity index (χ3v) is 6.73. The zero-order chi connectivity index (χ0) is 25.6. The predicted octanol–water partition coefficient (Wildman–Crippen LogP) is 2.14. The summed E-state index contributed by atoms with van der Waals surface area (Å²) >= 11 is 6.50. The van der Waals surface area contributed by atoms with Crippen molar-refractivity contribution in [2.24, 2.45) is 0 Å². The fourth-order valence-corrected chi connectivity index (χ4v) is 4.43. The van der Waals surface area contributed by atoms with E-state index in [1.807, 2.05) is 38.1 Å². The molecule has 1 aliphatic rings. The highest BCUT2D eigenvalue weighted by molar-refractivity contribution is 6.31. The first-order valence-corrected chi connectivity index (χ1v) is 12.2. The number of hydrogen-bond acceptors (Lipinski definition) is 8. The lowest BCUT2D eigenvalue weighted by Crippen LogP contribution is -2.71. The van der Waals surface area contributed by atoms with Crippen molar-refractivity contribution in [1.29, 1.82) is 0 Å². The van der Waals surface area contributed by atoms with Crippen LogP contribution in [0, 0.1) is 0 Å². The molecule has 2 aromatic rings. The summed E-state index contributed by atoms with van der Waals surface area (Å²) in [5, 5.41) is 52.8. The number of aliphatic hydroxyl groups excluding tert-OH is 5. The summed E-state index contributed by atoms with van der Waals surface area (Å²) in [6.07, 6.45) is -3.32. The molecule has 1 aliphatic heterocycles. The average molecular weight is 511 g/mol. The first-order valence-electron chi connectivity index (χ1n) is 11.9. The van der Waals surface area contributed by atoms with Gasteiger partial charge in [0.2, 0.25) is 5.79 Å². The summed E-state index contributed by atoms with van der Waals surface area (Å²) in [7, 11) is 0. The number of unbranched alkanes of at least 4 members (excludes halogenated alkanes) is 1. The van der Waals surface area contributed by atoms with Gasteiger partial charge in [-0.25, -0.2) is 0 Å². The lowest BCUT2D eigenvalue weighted by Gasteiger charge is -2.53. The molecular formula is C26H35ClO8. The van der Waals surface area contributed by atoms with E-state index in [0.717, 1.165) is 17.7 Å². The van der Waals surface area contributed by atoms with Crippen LogP contribution in [-0.2, 0) is 21.7 Å². The Balaban J connectivity index is 2.04. The molecule has 1 fully saturated rings. The maximum Gasteiger partial charge on any atom is 0.225 e. The van der Waals surface area contributed by atoms with E-state index in [-0.39, 0.29) is 6.61 Å². The Morgan fingerprint density at radius 2 is 1.66 bits per heavy atom. The second kappa shape index (κ2) is 12.0. The molecule has 1 unspecified atom stereocenters. The van der Waals surface area contributed by atoms with Crippen molar-refractivity contribution in [1.82, 2.24) is 0 Å². The summed E-state index contributed by atoms with van der Waals surface area (Å²) in [6.45, 7) is 3.01. The van der Waals surface area contributed by atoms with E-state index in [0.29, 0.717) is 35.6 Å². The van der Waals surface area contributed by atoms with E-state index in [2.05, 4.69) is 0 Å². The van der Waals surface area contributed by atoms with Crippen LogP contribution in [0.1, 0.15) is 43.4 Å². The predicted molar refractivity (Wildman–Crippen MR) is 130 cm³/mol. The molecular weight excluding hydrogens is 476 g/mol. The summed E-state index contributed by atoms with van der Waals surface area (Å²) < 4.78 is 17.6. The summed E-state index contributed by atoms with van der Waals surface area (Å²) in [5.74, 6) is -1.20. The molecule has 0 radical (unpaired) electrons. The van der Waals surface area contributed by atoms with E-state index in [9.17, 15) is 25.5 Å². The van der Waals surface area contributed by atoms with Gasteiger partial charge in [-0.2, -0.15) is 0 Å². The van der Waals surface area contributed by atoms with Gasteiger partial charge in [-0.05, 0) is 55.2 Å². The van der Waals surface area contributed by atoms with Crippen LogP contribution in [0.4, 0.5) is 0 Å². The molecule has 2 aromatic carbocycles. The van der Waals surface area contributed by atoms with E-state index < -0.39 is 42.9 Å². The molecule has 0 aromatic heterocycles. The fourth-order valence-electron chi connectivity index (χ4n) is 4.25. The zero-order valence-electron chi connectivity index (χ0n) is 20.1. The summed E-state index contributed by atoms with van der Waals surface area (Å²) in [5.41, 5.74) is 0.0549. The van der Waals surface area contributed by atoms with E-state index >= 15 is 0 Å². The van der Waals surface area contributed by atoms with Crippen molar-refractivity contribution < 1.29 is 39.7 Å². The molecule has 3 rings (SSSR count). The van der Waals surface area contributed by atoms with Crippen LogP contribution in [0.3, 0.4) is 0 Å². The minimum Gasteiger partial charge on any atom is -0.494 e. The Morgan fingerprint density at radius 1 is 0.971 bits per heavy atom. The van der Waals surface area contributed by atoms with Crippen molar-refractivity contribution in [3.05, 3.63) is 64.2 Å². The van der Waals surface area contributed by atoms with Gasteiger partial charge in [0.05, 0.1) is 26.4 Å². The Bertz CT molecular complexity index is 949. The summed E-state index contributed by atoms with van der Waals surface area (Å²) in [6, 6.07) is 12.5. The van der Waals surface area contributed by atoms with Crippen LogP contribution >= 0.6 is 11.6 Å². The van der Waals surface area contributed by atoms with Gasteiger partial charge in [-0.3, -0.25) is 0 Å². The Labute approximate surface area is 210 Å². The molecule has 0 amide bonds. The van der Waals surface area contributed by atoms with Crippen LogP contribution < -0.4 is 4.74 Å². The van der Waals surface area contributed by atoms with E-state index in [4.69, 9.17) is 25.8 Å². The second-order valence-electron chi connectivity index (χ2n) is 8.79. The van der Waals surface area contributed by atoms with Crippen LogP contribution in [0.15, 0.2) is 42.5 Å². The number of halogens is 1. The molecule has 4 atom stereocenters. The van der Waals surface area contributed by atoms with Crippen molar-refractivity contribution in [3.8, 4) is 5.75 Å². The lowest BCUT2D eigenvalue weighted by molar-refractivity contribution is -0.407. The van der Waals surface area contributed by atoms with Crippen LogP contribution in [-0.4, -0.2) is 75.9 Å². The number of benzene rings is 2. The monoisotopic (exact) mass is 510 g/mol. The SMILES string of the molecule is CCCCOC1(c2ccc(Cl)c(Cc3ccc(OCC)cc3)c2)OC(CO)(CO)[C@@H](O)[C@H](O)[C@H]1O. The molecule has 0 bridgehead atoms. The first-order chi connectivity index (χ1) is 16.8. The third-order valence-electron chi connectivity index (χ3n) is 6.36. The average Bonchev–Trinajstić information content (AvgIpc) is 2.87. The van der Waals surface area contributed by atoms with Gasteiger partial charge < -0.3 is 39.7 Å². The number of ether oxygens (including phenoxy) is 3. The minimum atomic E-state index is -1.96. The second-order valence-corrected chi connectivity index (χ2v) is 9.20. The lowest BCUT2D eigenvalue weighted by atomic mass is 9.81. The largest absolute Gasteiger partial charge is 0.494 e. The topological polar surface area (TPSA) is 129 Å². The van der Waals surface area contributed by atoms with E-state index in [1.54, 1.807) is 18.2 Å². The standard InChI is InChI=1S/C26H35ClO8/c1-3-5-12-34-26(24(32)22(30)23(31)25(15-28,16-29)35-26)19-8-11-21(27)18(14-19)13-17-6-9-20(10-7-17)33-4-2/h6-11,14,22-24,28-32H,3-5,12-13,15-16H2,1-2H3/t22-,23-,24+,26?/m0/s1. The van der Waals surface area contributed by atoms with Gasteiger partial charge in [0.1, 0.15) is 29.7 Å². The number of aliphatic hydroxyl groups is 5. The van der Waals surface area contributed by atoms with Crippen molar-refractivity contribution in [3.63, 3.8) is 0 Å². The molecule has 194 valence electrons. The molecule has 35 heavy (non-hydrogen) atoms. The molecule has 9 heteroatoms. The zero-order valence-corrected chi connectivity index (χ0v) is 20.8. The number of rotatable bonds is 11. The first kappa shape index (κ1) is 27.8. The Morgan fingerprint density at radius 3 is 2.26 bits per heavy atom. The third kappa shape index (κ3) is 5.65. The highest BCUT2D eigenvalue weighted by atomic mass is 35.5. The van der Waals surface area contributed by atoms with Gasteiger partial charge in [0, 0.05) is 10.6 Å². The van der Waals surface area contributed by atoms with Crippen molar-refractivity contribution >= 4 is 11.6 Å². The van der Waals surface area contributed by atoms with Crippen molar-refractivity contribution in [2.45, 2.75) is 62.8 Å². The van der Waals surface area contributed by atoms with Crippen LogP contribution in [0.25, 0.3) is 0 Å². The number of hydrogen-bond donors (Lipinski definition) is 5. The highest BCUT2D eigenvalue weighted by Gasteiger charge is 2.61. The smallest absolute Gasteiger partial charge is 0.225 e. The van der Waals surface area contributed by atoms with Crippen LogP contribution in [0.5, 0.6) is 5.75 Å². The maximum absolute atomic E-state index is 11.1. The minimum absolute atomic E-state index is 0.167. The molecule has 0 spiro atoms. The van der Waals surface area contributed by atoms with Crippen LogP contribution in [0.2, 0.25) is 5.02 Å². The highest BCUT2D eigenvalue weighted by Crippen LogP contribution is 2.44. The maximum atomic E-state index is 11.1. The molecule has 0 aliphatic carbocycles. The Kier molecular flexibility index (Phi) is 9.53. The molecule has 0 saturated carbocycles. The van der Waals surface area contributed by atoms with Gasteiger partial charge in [-0.1, -0.05) is 43.1 Å². The molecule has 1 saturated heterocycles. The molecule has 1 heterocycles. The van der Waals surface area contributed by atoms with Crippen molar-refractivity contribution in [2.75, 3.05) is 26.4 Å². The quantitative estimate of drug-likeness (QED) is 0.291. The van der Waals surface area contributed by atoms with Gasteiger partial charge in [0.25, 0.3) is 0 Å². The van der Waals surface area contributed by atoms with Gasteiger partial charge >= 0.3 is 0 Å². The normalized spacial score (nSPS) is 26.0. The Hall–Kier alpha value is -1.75. The fraction of sp³-hybridized carbons (Fsp3) is 0.538.